The first-order chi connectivity index (χ1) is 9.56. The van der Waals surface area contributed by atoms with Gasteiger partial charge in [-0.1, -0.05) is 29.3 Å². The van der Waals surface area contributed by atoms with Crippen molar-refractivity contribution in [2.24, 2.45) is 0 Å². The molecule has 0 unspecified atom stereocenters. The second-order valence-electron chi connectivity index (χ2n) is 6.24. The molecule has 0 aliphatic rings. The number of carbonyl (C=O) groups excluding carboxylic acids is 1. The summed E-state index contributed by atoms with van der Waals surface area (Å²) in [6.45, 7) is 9.09. The number of carboxylic acids is 1. The van der Waals surface area contributed by atoms with Crippen LogP contribution in [0.3, 0.4) is 0 Å². The van der Waals surface area contributed by atoms with Crippen molar-refractivity contribution in [3.05, 3.63) is 34.9 Å². The van der Waals surface area contributed by atoms with E-state index in [1.165, 1.54) is 0 Å². The minimum absolute atomic E-state index is 0.219. The highest BCUT2D eigenvalue weighted by molar-refractivity contribution is 5.80. The van der Waals surface area contributed by atoms with Crippen molar-refractivity contribution >= 4 is 12.1 Å². The number of benzene rings is 1. The average molecular weight is 293 g/mol. The first-order valence-corrected chi connectivity index (χ1v) is 6.86. The van der Waals surface area contributed by atoms with Gasteiger partial charge in [-0.15, -0.1) is 0 Å². The smallest absolute Gasteiger partial charge is 0.408 e. The fourth-order valence-electron chi connectivity index (χ4n) is 2.07. The number of amides is 1. The van der Waals surface area contributed by atoms with Gasteiger partial charge in [0.05, 0.1) is 0 Å². The van der Waals surface area contributed by atoms with Crippen LogP contribution in [0, 0.1) is 13.8 Å². The lowest BCUT2D eigenvalue weighted by Gasteiger charge is -2.22. The molecule has 0 bridgehead atoms. The molecule has 5 heteroatoms. The molecule has 116 valence electrons. The number of rotatable bonds is 4. The van der Waals surface area contributed by atoms with Gasteiger partial charge in [-0.05, 0) is 40.2 Å². The average Bonchev–Trinajstić information content (AvgIpc) is 2.23. The Morgan fingerprint density at radius 2 is 1.71 bits per heavy atom. The summed E-state index contributed by atoms with van der Waals surface area (Å²) >= 11 is 0. The molecular weight excluding hydrogens is 270 g/mol. The molecule has 5 nitrogen and oxygen atoms in total. The summed E-state index contributed by atoms with van der Waals surface area (Å²) < 4.78 is 5.09. The van der Waals surface area contributed by atoms with Gasteiger partial charge in [-0.3, -0.25) is 0 Å². The highest BCUT2D eigenvalue weighted by Gasteiger charge is 2.24. The molecule has 0 aliphatic carbocycles. The van der Waals surface area contributed by atoms with Crippen LogP contribution >= 0.6 is 0 Å². The van der Waals surface area contributed by atoms with Crippen LogP contribution in [0.5, 0.6) is 0 Å². The van der Waals surface area contributed by atoms with Gasteiger partial charge in [0.1, 0.15) is 11.6 Å². The van der Waals surface area contributed by atoms with Crippen LogP contribution in [0.1, 0.15) is 37.5 Å². The SMILES string of the molecule is Cc1cc(C)cc(C[C@@H](NC(=O)OC(C)(C)C)C(=O)O)c1. The minimum atomic E-state index is -1.08. The number of alkyl carbamates (subject to hydrolysis) is 1. The molecule has 1 aromatic rings. The first-order valence-electron chi connectivity index (χ1n) is 6.86. The number of aryl methyl sites for hydroxylation is 2. The van der Waals surface area contributed by atoms with Crippen molar-refractivity contribution in [3.8, 4) is 0 Å². The fourth-order valence-corrected chi connectivity index (χ4v) is 2.07. The zero-order chi connectivity index (χ0) is 16.2. The Labute approximate surface area is 125 Å². The van der Waals surface area contributed by atoms with Crippen molar-refractivity contribution < 1.29 is 19.4 Å². The number of nitrogens with one attached hydrogen (secondary N) is 1. The highest BCUT2D eigenvalue weighted by atomic mass is 16.6. The van der Waals surface area contributed by atoms with E-state index in [9.17, 15) is 14.7 Å². The zero-order valence-electron chi connectivity index (χ0n) is 13.2. The van der Waals surface area contributed by atoms with Gasteiger partial charge < -0.3 is 15.2 Å². The second kappa shape index (κ2) is 6.61. The van der Waals surface area contributed by atoms with E-state index in [-0.39, 0.29) is 6.42 Å². The van der Waals surface area contributed by atoms with Crippen molar-refractivity contribution in [1.29, 1.82) is 0 Å². The van der Waals surface area contributed by atoms with Gasteiger partial charge in [0.15, 0.2) is 0 Å². The molecule has 0 aliphatic heterocycles. The molecule has 1 aromatic carbocycles. The van der Waals surface area contributed by atoms with Crippen LogP contribution < -0.4 is 5.32 Å². The summed E-state index contributed by atoms with van der Waals surface area (Å²) in [5.74, 6) is -1.08. The van der Waals surface area contributed by atoms with Gasteiger partial charge >= 0.3 is 12.1 Å². The van der Waals surface area contributed by atoms with Gasteiger partial charge in [-0.2, -0.15) is 0 Å². The number of hydrogen-bond donors (Lipinski definition) is 2. The van der Waals surface area contributed by atoms with Gasteiger partial charge in [0.2, 0.25) is 0 Å². The quantitative estimate of drug-likeness (QED) is 0.895. The van der Waals surface area contributed by atoms with Crippen LogP contribution in [-0.4, -0.2) is 28.8 Å². The third kappa shape index (κ3) is 6.29. The maximum Gasteiger partial charge on any atom is 0.408 e. The summed E-state index contributed by atoms with van der Waals surface area (Å²) in [7, 11) is 0. The van der Waals surface area contributed by atoms with Crippen molar-refractivity contribution in [1.82, 2.24) is 5.32 Å². The molecule has 1 atom stereocenters. The Balaban J connectivity index is 2.78. The molecule has 0 saturated carbocycles. The molecule has 0 fully saturated rings. The molecule has 0 saturated heterocycles. The molecule has 0 spiro atoms. The Bertz CT molecular complexity index is 511. The summed E-state index contributed by atoms with van der Waals surface area (Å²) in [5, 5.41) is 11.6. The predicted octanol–water partition coefficient (Wildman–Crippen LogP) is 2.82. The standard InChI is InChI=1S/C16H23NO4/c1-10-6-11(2)8-12(7-10)9-13(14(18)19)17-15(20)21-16(3,4)5/h6-8,13H,9H2,1-5H3,(H,17,20)(H,18,19)/t13-/m1/s1. The predicted molar refractivity (Wildman–Crippen MR) is 80.4 cm³/mol. The van der Waals surface area contributed by atoms with Crippen LogP contribution in [0.2, 0.25) is 0 Å². The van der Waals surface area contributed by atoms with Crippen LogP contribution in [0.4, 0.5) is 4.79 Å². The first kappa shape index (κ1) is 17.0. The highest BCUT2D eigenvalue weighted by Crippen LogP contribution is 2.12. The van der Waals surface area contributed by atoms with Gasteiger partial charge in [0.25, 0.3) is 0 Å². The van der Waals surface area contributed by atoms with Crippen molar-refractivity contribution in [2.45, 2.75) is 52.7 Å². The van der Waals surface area contributed by atoms with Crippen LogP contribution in [-0.2, 0) is 16.0 Å². The van der Waals surface area contributed by atoms with E-state index in [0.717, 1.165) is 16.7 Å². The minimum Gasteiger partial charge on any atom is -0.480 e. The number of hydrogen-bond acceptors (Lipinski definition) is 3. The molecule has 2 N–H and O–H groups in total. The monoisotopic (exact) mass is 293 g/mol. The molecule has 0 aromatic heterocycles. The van der Waals surface area contributed by atoms with E-state index in [1.54, 1.807) is 20.8 Å². The molecule has 1 amide bonds. The third-order valence-electron chi connectivity index (χ3n) is 2.71. The largest absolute Gasteiger partial charge is 0.480 e. The van der Waals surface area contributed by atoms with E-state index in [1.807, 2.05) is 32.0 Å². The van der Waals surface area contributed by atoms with Crippen LogP contribution in [0.15, 0.2) is 18.2 Å². The molecular formula is C16H23NO4. The molecule has 0 radical (unpaired) electrons. The summed E-state index contributed by atoms with van der Waals surface area (Å²) in [5.41, 5.74) is 2.33. The lowest BCUT2D eigenvalue weighted by atomic mass is 10.0. The molecule has 0 heterocycles. The molecule has 21 heavy (non-hydrogen) atoms. The van der Waals surface area contributed by atoms with Gasteiger partial charge in [-0.25, -0.2) is 9.59 Å². The van der Waals surface area contributed by atoms with E-state index in [4.69, 9.17) is 4.74 Å². The number of aliphatic carboxylic acids is 1. The summed E-state index contributed by atoms with van der Waals surface area (Å²) in [6.07, 6.45) is -0.504. The third-order valence-corrected chi connectivity index (χ3v) is 2.71. The van der Waals surface area contributed by atoms with E-state index in [0.29, 0.717) is 0 Å². The Kier molecular flexibility index (Phi) is 5.35. The Morgan fingerprint density at radius 1 is 1.19 bits per heavy atom. The lowest BCUT2D eigenvalue weighted by molar-refractivity contribution is -0.139. The normalized spacial score (nSPS) is 12.6. The van der Waals surface area contributed by atoms with Gasteiger partial charge in [0, 0.05) is 6.42 Å². The van der Waals surface area contributed by atoms with E-state index in [2.05, 4.69) is 5.32 Å². The summed E-state index contributed by atoms with van der Waals surface area (Å²) in [4.78, 5) is 23.0. The number of ether oxygens (including phenoxy) is 1. The number of carbonyl (C=O) groups is 2. The lowest BCUT2D eigenvalue weighted by Crippen LogP contribution is -2.44. The maximum atomic E-state index is 11.7. The van der Waals surface area contributed by atoms with Crippen molar-refractivity contribution in [3.63, 3.8) is 0 Å². The number of carboxylic acid groups (broad SMARTS) is 1. The topological polar surface area (TPSA) is 75.6 Å². The Morgan fingerprint density at radius 3 is 2.14 bits per heavy atom. The fraction of sp³-hybridized carbons (Fsp3) is 0.500. The Hall–Kier alpha value is -2.04. The second-order valence-corrected chi connectivity index (χ2v) is 6.24. The molecule has 1 rings (SSSR count). The van der Waals surface area contributed by atoms with E-state index < -0.39 is 23.7 Å². The maximum absolute atomic E-state index is 11.7. The van der Waals surface area contributed by atoms with Crippen molar-refractivity contribution in [2.75, 3.05) is 0 Å². The van der Waals surface area contributed by atoms with Crippen LogP contribution in [0.25, 0.3) is 0 Å². The van der Waals surface area contributed by atoms with E-state index >= 15 is 0 Å². The zero-order valence-corrected chi connectivity index (χ0v) is 13.2. The summed E-state index contributed by atoms with van der Waals surface area (Å²) in [6, 6.07) is 4.83.